The van der Waals surface area contributed by atoms with Crippen molar-refractivity contribution in [3.05, 3.63) is 0 Å². The van der Waals surface area contributed by atoms with Crippen molar-refractivity contribution in [1.29, 1.82) is 0 Å². The lowest BCUT2D eigenvalue weighted by molar-refractivity contribution is -0.141. The molecule has 0 aliphatic carbocycles. The fraction of sp³-hybridized carbons (Fsp3) is 0.818. The Bertz CT molecular complexity index is 278. The number of amides is 1. The average Bonchev–Trinajstić information content (AvgIpc) is 2.64. The van der Waals surface area contributed by atoms with Crippen LogP contribution in [0.3, 0.4) is 0 Å². The summed E-state index contributed by atoms with van der Waals surface area (Å²) in [6.07, 6.45) is 1.18. The number of nitrogens with two attached hydrogens (primary N) is 1. The zero-order valence-electron chi connectivity index (χ0n) is 9.85. The van der Waals surface area contributed by atoms with Gasteiger partial charge < -0.3 is 15.7 Å². The van der Waals surface area contributed by atoms with Crippen molar-refractivity contribution in [3.8, 4) is 0 Å². The molecule has 1 saturated heterocycles. The van der Waals surface area contributed by atoms with Crippen LogP contribution in [0.4, 0.5) is 0 Å². The number of carboxylic acids is 1. The molecule has 0 saturated carbocycles. The Kier molecular flexibility index (Phi) is 4.29. The third-order valence-corrected chi connectivity index (χ3v) is 2.89. The van der Waals surface area contributed by atoms with E-state index in [1.807, 2.05) is 13.8 Å². The highest BCUT2D eigenvalue weighted by molar-refractivity contribution is 5.83. The van der Waals surface area contributed by atoms with Crippen molar-refractivity contribution in [2.45, 2.75) is 32.7 Å². The molecule has 1 heterocycles. The number of nitrogens with zero attached hydrogens (tertiary/aromatic N) is 1. The van der Waals surface area contributed by atoms with Gasteiger partial charge in [0.1, 0.15) is 0 Å². The van der Waals surface area contributed by atoms with E-state index in [1.165, 1.54) is 0 Å². The molecule has 92 valence electrons. The van der Waals surface area contributed by atoms with E-state index < -0.39 is 17.9 Å². The number of aliphatic carboxylic acids is 1. The minimum Gasteiger partial charge on any atom is -0.481 e. The highest BCUT2D eigenvalue weighted by Crippen LogP contribution is 2.18. The topological polar surface area (TPSA) is 83.6 Å². The zero-order chi connectivity index (χ0) is 12.3. The fourth-order valence-corrected chi connectivity index (χ4v) is 2.01. The number of likely N-dealkylation sites (tertiary alicyclic amines) is 1. The maximum Gasteiger partial charge on any atom is 0.308 e. The molecule has 1 amide bonds. The first-order chi connectivity index (χ1) is 7.41. The molecule has 0 bridgehead atoms. The smallest absolute Gasteiger partial charge is 0.308 e. The Balaban J connectivity index is 2.47. The molecule has 1 unspecified atom stereocenters. The first-order valence-corrected chi connectivity index (χ1v) is 5.69. The summed E-state index contributed by atoms with van der Waals surface area (Å²) >= 11 is 0. The van der Waals surface area contributed by atoms with Gasteiger partial charge >= 0.3 is 5.97 Å². The third kappa shape index (κ3) is 3.20. The van der Waals surface area contributed by atoms with Crippen molar-refractivity contribution in [3.63, 3.8) is 0 Å². The maximum absolute atomic E-state index is 11.9. The Morgan fingerprint density at radius 2 is 2.12 bits per heavy atom. The van der Waals surface area contributed by atoms with E-state index in [4.69, 9.17) is 10.8 Å². The highest BCUT2D eigenvalue weighted by Gasteiger charge is 2.32. The largest absolute Gasteiger partial charge is 0.481 e. The third-order valence-electron chi connectivity index (χ3n) is 2.89. The first kappa shape index (κ1) is 13.0. The van der Waals surface area contributed by atoms with Gasteiger partial charge in [-0.2, -0.15) is 0 Å². The molecule has 0 aromatic carbocycles. The van der Waals surface area contributed by atoms with Crippen LogP contribution in [0.5, 0.6) is 0 Å². The first-order valence-electron chi connectivity index (χ1n) is 5.69. The molecule has 0 spiro atoms. The molecule has 0 aromatic heterocycles. The van der Waals surface area contributed by atoms with E-state index >= 15 is 0 Å². The summed E-state index contributed by atoms with van der Waals surface area (Å²) in [7, 11) is 0. The molecule has 0 radical (unpaired) electrons. The lowest BCUT2D eigenvalue weighted by atomic mass is 10.0. The summed E-state index contributed by atoms with van der Waals surface area (Å²) in [6, 6.07) is -0.493. The predicted molar refractivity (Wildman–Crippen MR) is 59.8 cm³/mol. The summed E-state index contributed by atoms with van der Waals surface area (Å²) in [4.78, 5) is 24.2. The van der Waals surface area contributed by atoms with Gasteiger partial charge in [0.25, 0.3) is 0 Å². The fourth-order valence-electron chi connectivity index (χ4n) is 2.01. The minimum absolute atomic E-state index is 0.113. The van der Waals surface area contributed by atoms with Crippen LogP contribution in [-0.4, -0.2) is 41.0 Å². The van der Waals surface area contributed by atoms with Gasteiger partial charge in [-0.3, -0.25) is 9.59 Å². The summed E-state index contributed by atoms with van der Waals surface area (Å²) in [6.45, 7) is 4.84. The molecule has 1 aliphatic rings. The molecule has 1 fully saturated rings. The zero-order valence-corrected chi connectivity index (χ0v) is 9.85. The van der Waals surface area contributed by atoms with Crippen molar-refractivity contribution in [2.75, 3.05) is 13.1 Å². The number of carboxylic acid groups (broad SMARTS) is 1. The summed E-state index contributed by atoms with van der Waals surface area (Å²) in [5.74, 6) is -0.989. The van der Waals surface area contributed by atoms with Crippen LogP contribution in [0.2, 0.25) is 0 Å². The van der Waals surface area contributed by atoms with Gasteiger partial charge in [0.05, 0.1) is 12.0 Å². The van der Waals surface area contributed by atoms with Crippen molar-refractivity contribution >= 4 is 11.9 Å². The number of rotatable bonds is 4. The van der Waals surface area contributed by atoms with Crippen molar-refractivity contribution < 1.29 is 14.7 Å². The summed E-state index contributed by atoms with van der Waals surface area (Å²) in [5.41, 5.74) is 5.78. The second-order valence-corrected chi connectivity index (χ2v) is 4.84. The van der Waals surface area contributed by atoms with E-state index in [-0.39, 0.29) is 5.91 Å². The average molecular weight is 228 g/mol. The molecule has 0 aromatic rings. The second kappa shape index (κ2) is 5.30. The molecule has 5 heteroatoms. The molecule has 1 aliphatic heterocycles. The molecular weight excluding hydrogens is 208 g/mol. The SMILES string of the molecule is CC(C)C[C@@H](N)C(=O)N1CCC(C(=O)O)C1. The van der Waals surface area contributed by atoms with Crippen LogP contribution in [0.15, 0.2) is 0 Å². The number of hydrogen-bond acceptors (Lipinski definition) is 3. The van der Waals surface area contributed by atoms with Gasteiger partial charge in [0, 0.05) is 13.1 Å². The highest BCUT2D eigenvalue weighted by atomic mass is 16.4. The minimum atomic E-state index is -0.826. The van der Waals surface area contributed by atoms with Gasteiger partial charge in [0.15, 0.2) is 0 Å². The van der Waals surface area contributed by atoms with Crippen LogP contribution < -0.4 is 5.73 Å². The Morgan fingerprint density at radius 1 is 1.50 bits per heavy atom. The standard InChI is InChI=1S/C11H20N2O3/c1-7(2)5-9(12)10(14)13-4-3-8(6-13)11(15)16/h7-9H,3-6,12H2,1-2H3,(H,15,16)/t8?,9-/m1/s1. The predicted octanol–water partition coefficient (Wildman–Crippen LogP) is 0.293. The second-order valence-electron chi connectivity index (χ2n) is 4.84. The van der Waals surface area contributed by atoms with Crippen molar-refractivity contribution in [2.24, 2.45) is 17.6 Å². The molecule has 3 N–H and O–H groups in total. The lowest BCUT2D eigenvalue weighted by Crippen LogP contribution is -2.43. The van der Waals surface area contributed by atoms with Gasteiger partial charge in [0.2, 0.25) is 5.91 Å². The van der Waals surface area contributed by atoms with Gasteiger partial charge in [-0.25, -0.2) is 0 Å². The van der Waals surface area contributed by atoms with E-state index in [2.05, 4.69) is 0 Å². The van der Waals surface area contributed by atoms with Gasteiger partial charge in [-0.1, -0.05) is 13.8 Å². The summed E-state index contributed by atoms with van der Waals surface area (Å²) in [5, 5.41) is 8.83. The Labute approximate surface area is 95.6 Å². The number of hydrogen-bond donors (Lipinski definition) is 2. The number of carbonyl (C=O) groups is 2. The van der Waals surface area contributed by atoms with E-state index in [0.29, 0.717) is 31.8 Å². The van der Waals surface area contributed by atoms with E-state index in [1.54, 1.807) is 4.90 Å². The van der Waals surface area contributed by atoms with Crippen LogP contribution in [0, 0.1) is 11.8 Å². The van der Waals surface area contributed by atoms with E-state index in [9.17, 15) is 9.59 Å². The van der Waals surface area contributed by atoms with Crippen LogP contribution in [-0.2, 0) is 9.59 Å². The van der Waals surface area contributed by atoms with Crippen molar-refractivity contribution in [1.82, 2.24) is 4.90 Å². The lowest BCUT2D eigenvalue weighted by Gasteiger charge is -2.21. The van der Waals surface area contributed by atoms with Gasteiger partial charge in [-0.15, -0.1) is 0 Å². The number of carbonyl (C=O) groups excluding carboxylic acids is 1. The summed E-state index contributed by atoms with van der Waals surface area (Å²) < 4.78 is 0. The van der Waals surface area contributed by atoms with E-state index in [0.717, 1.165) is 0 Å². The van der Waals surface area contributed by atoms with Gasteiger partial charge in [-0.05, 0) is 18.8 Å². The molecule has 1 rings (SSSR count). The normalized spacial score (nSPS) is 22.5. The molecule has 5 nitrogen and oxygen atoms in total. The molecule has 16 heavy (non-hydrogen) atoms. The van der Waals surface area contributed by atoms with Crippen LogP contribution in [0.25, 0.3) is 0 Å². The van der Waals surface area contributed by atoms with Crippen LogP contribution >= 0.6 is 0 Å². The molecular formula is C11H20N2O3. The molecule has 2 atom stereocenters. The Hall–Kier alpha value is -1.10. The Morgan fingerprint density at radius 3 is 2.56 bits per heavy atom. The maximum atomic E-state index is 11.9. The monoisotopic (exact) mass is 228 g/mol. The van der Waals surface area contributed by atoms with Crippen LogP contribution in [0.1, 0.15) is 26.7 Å². The quantitative estimate of drug-likeness (QED) is 0.724.